The minimum absolute atomic E-state index is 0.176. The van der Waals surface area contributed by atoms with E-state index in [0.717, 1.165) is 27.3 Å². The Morgan fingerprint density at radius 3 is 2.56 bits per heavy atom. The second-order valence-corrected chi connectivity index (χ2v) is 8.32. The number of nitrogens with zero attached hydrogens (tertiary/aromatic N) is 4. The standard InChI is InChI=1S/C24H19N5O2S/c1-16-2-4-17(5-3-16)14-29-22(30)11-10-20(27-29)23(31)25-19-8-6-18(7-9-19)21-15-28-12-13-32-24(28)26-21/h2-13,15H,14H2,1H3,(H,25,31). The van der Waals surface area contributed by atoms with Gasteiger partial charge < -0.3 is 5.32 Å². The van der Waals surface area contributed by atoms with Crippen molar-refractivity contribution in [3.8, 4) is 11.3 Å². The molecule has 1 amide bonds. The third-order valence-corrected chi connectivity index (χ3v) is 5.85. The first-order valence-electron chi connectivity index (χ1n) is 10.0. The summed E-state index contributed by atoms with van der Waals surface area (Å²) in [6.07, 6.45) is 3.94. The van der Waals surface area contributed by atoms with Gasteiger partial charge in [0.05, 0.1) is 12.2 Å². The third kappa shape index (κ3) is 4.08. The molecular weight excluding hydrogens is 422 g/mol. The number of aromatic nitrogens is 4. The van der Waals surface area contributed by atoms with Crippen molar-refractivity contribution >= 4 is 27.9 Å². The van der Waals surface area contributed by atoms with Gasteiger partial charge in [0.1, 0.15) is 5.69 Å². The molecule has 1 N–H and O–H groups in total. The third-order valence-electron chi connectivity index (χ3n) is 5.08. The molecule has 32 heavy (non-hydrogen) atoms. The number of benzene rings is 2. The monoisotopic (exact) mass is 441 g/mol. The van der Waals surface area contributed by atoms with Crippen LogP contribution in [0.15, 0.2) is 83.2 Å². The number of fused-ring (bicyclic) bond motifs is 1. The lowest BCUT2D eigenvalue weighted by molar-refractivity contribution is 0.102. The molecule has 8 heteroatoms. The summed E-state index contributed by atoms with van der Waals surface area (Å²) in [4.78, 5) is 30.4. The van der Waals surface area contributed by atoms with Gasteiger partial charge in [0.2, 0.25) is 0 Å². The Kier molecular flexibility index (Phi) is 5.12. The molecular formula is C24H19N5O2S. The highest BCUT2D eigenvalue weighted by atomic mass is 32.1. The molecule has 0 aliphatic rings. The van der Waals surface area contributed by atoms with Gasteiger partial charge >= 0.3 is 0 Å². The summed E-state index contributed by atoms with van der Waals surface area (Å²) < 4.78 is 3.28. The molecule has 5 rings (SSSR count). The van der Waals surface area contributed by atoms with Crippen LogP contribution in [0.4, 0.5) is 5.69 Å². The highest BCUT2D eigenvalue weighted by Gasteiger charge is 2.11. The average Bonchev–Trinajstić information content (AvgIpc) is 3.40. The number of nitrogens with one attached hydrogen (secondary N) is 1. The smallest absolute Gasteiger partial charge is 0.276 e. The topological polar surface area (TPSA) is 81.3 Å². The van der Waals surface area contributed by atoms with E-state index in [1.165, 1.54) is 16.8 Å². The largest absolute Gasteiger partial charge is 0.321 e. The number of thiazole rings is 1. The fourth-order valence-corrected chi connectivity index (χ4v) is 4.04. The van der Waals surface area contributed by atoms with Crippen molar-refractivity contribution in [2.24, 2.45) is 0 Å². The first-order chi connectivity index (χ1) is 15.5. The predicted molar refractivity (Wildman–Crippen MR) is 125 cm³/mol. The maximum atomic E-state index is 12.7. The summed E-state index contributed by atoms with van der Waals surface area (Å²) in [5.74, 6) is -0.377. The maximum absolute atomic E-state index is 12.7. The number of hydrogen-bond acceptors (Lipinski definition) is 5. The van der Waals surface area contributed by atoms with E-state index in [0.29, 0.717) is 12.2 Å². The molecule has 5 aromatic rings. The van der Waals surface area contributed by atoms with Gasteiger partial charge in [-0.05, 0) is 30.7 Å². The minimum atomic E-state index is -0.377. The first-order valence-corrected chi connectivity index (χ1v) is 10.9. The van der Waals surface area contributed by atoms with Crippen LogP contribution in [0, 0.1) is 6.92 Å². The normalized spacial score (nSPS) is 11.0. The van der Waals surface area contributed by atoms with Crippen LogP contribution in [0.5, 0.6) is 0 Å². The summed E-state index contributed by atoms with van der Waals surface area (Å²) in [7, 11) is 0. The van der Waals surface area contributed by atoms with Crippen LogP contribution in [0.25, 0.3) is 16.2 Å². The Balaban J connectivity index is 1.31. The Hall–Kier alpha value is -4.04. The quantitative estimate of drug-likeness (QED) is 0.443. The van der Waals surface area contributed by atoms with Crippen molar-refractivity contribution in [2.45, 2.75) is 13.5 Å². The SMILES string of the molecule is Cc1ccc(Cn2nc(C(=O)Nc3ccc(-c4cn5ccsc5n4)cc3)ccc2=O)cc1. The molecule has 0 saturated carbocycles. The number of amides is 1. The zero-order valence-electron chi connectivity index (χ0n) is 17.2. The van der Waals surface area contributed by atoms with Gasteiger partial charge in [-0.2, -0.15) is 5.10 Å². The van der Waals surface area contributed by atoms with Crippen LogP contribution in [-0.2, 0) is 6.54 Å². The van der Waals surface area contributed by atoms with Crippen molar-refractivity contribution in [2.75, 3.05) is 5.32 Å². The van der Waals surface area contributed by atoms with E-state index in [1.807, 2.05) is 77.6 Å². The van der Waals surface area contributed by atoms with Crippen LogP contribution in [-0.4, -0.2) is 25.1 Å². The molecule has 0 aliphatic carbocycles. The van der Waals surface area contributed by atoms with Crippen LogP contribution >= 0.6 is 11.3 Å². The molecule has 7 nitrogen and oxygen atoms in total. The van der Waals surface area contributed by atoms with Crippen molar-refractivity contribution in [1.82, 2.24) is 19.2 Å². The average molecular weight is 442 g/mol. The van der Waals surface area contributed by atoms with E-state index < -0.39 is 0 Å². The zero-order valence-corrected chi connectivity index (χ0v) is 18.0. The van der Waals surface area contributed by atoms with Gasteiger partial charge in [-0.3, -0.25) is 14.0 Å². The fourth-order valence-electron chi connectivity index (χ4n) is 3.34. The lowest BCUT2D eigenvalue weighted by Gasteiger charge is -2.09. The summed E-state index contributed by atoms with van der Waals surface area (Å²) in [5, 5.41) is 9.07. The van der Waals surface area contributed by atoms with Gasteiger partial charge in [-0.25, -0.2) is 9.67 Å². The van der Waals surface area contributed by atoms with Crippen LogP contribution < -0.4 is 10.9 Å². The van der Waals surface area contributed by atoms with Gasteiger partial charge in [0, 0.05) is 35.1 Å². The Labute approximate surface area is 187 Å². The Bertz CT molecular complexity index is 1430. The predicted octanol–water partition coefficient (Wildman–Crippen LogP) is 4.23. The lowest BCUT2D eigenvalue weighted by atomic mass is 10.1. The summed E-state index contributed by atoms with van der Waals surface area (Å²) in [6, 6.07) is 18.1. The molecule has 3 aromatic heterocycles. The fraction of sp³-hybridized carbons (Fsp3) is 0.0833. The molecule has 0 fully saturated rings. The molecule has 158 valence electrons. The van der Waals surface area contributed by atoms with Crippen molar-refractivity contribution in [3.05, 3.63) is 106 Å². The van der Waals surface area contributed by atoms with Gasteiger partial charge in [0.25, 0.3) is 11.5 Å². The number of rotatable bonds is 5. The van der Waals surface area contributed by atoms with Crippen molar-refractivity contribution in [3.63, 3.8) is 0 Å². The molecule has 2 aromatic carbocycles. The van der Waals surface area contributed by atoms with E-state index in [9.17, 15) is 9.59 Å². The second-order valence-electron chi connectivity index (χ2n) is 7.45. The highest BCUT2D eigenvalue weighted by Crippen LogP contribution is 2.23. The van der Waals surface area contributed by atoms with Gasteiger partial charge in [-0.1, -0.05) is 42.0 Å². The molecule has 0 bridgehead atoms. The van der Waals surface area contributed by atoms with Gasteiger partial charge in [-0.15, -0.1) is 11.3 Å². The zero-order chi connectivity index (χ0) is 22.1. The number of hydrogen-bond donors (Lipinski definition) is 1. The van der Waals surface area contributed by atoms with E-state index in [-0.39, 0.29) is 17.2 Å². The lowest BCUT2D eigenvalue weighted by Crippen LogP contribution is -2.26. The van der Waals surface area contributed by atoms with Crippen LogP contribution in [0.1, 0.15) is 21.6 Å². The molecule has 0 saturated heterocycles. The molecule has 0 spiro atoms. The van der Waals surface area contributed by atoms with Gasteiger partial charge in [0.15, 0.2) is 4.96 Å². The summed E-state index contributed by atoms with van der Waals surface area (Å²) in [5.41, 5.74) is 4.47. The van der Waals surface area contributed by atoms with Crippen LogP contribution in [0.2, 0.25) is 0 Å². The number of anilines is 1. The molecule has 0 radical (unpaired) electrons. The molecule has 0 aliphatic heterocycles. The van der Waals surface area contributed by atoms with E-state index in [4.69, 9.17) is 0 Å². The van der Waals surface area contributed by atoms with Crippen molar-refractivity contribution < 1.29 is 4.79 Å². The number of imidazole rings is 1. The highest BCUT2D eigenvalue weighted by molar-refractivity contribution is 7.15. The Morgan fingerprint density at radius 1 is 1.03 bits per heavy atom. The first kappa shape index (κ1) is 19.9. The number of aryl methyl sites for hydroxylation is 1. The Morgan fingerprint density at radius 2 is 1.81 bits per heavy atom. The number of carbonyl (C=O) groups is 1. The minimum Gasteiger partial charge on any atom is -0.321 e. The van der Waals surface area contributed by atoms with Crippen molar-refractivity contribution in [1.29, 1.82) is 0 Å². The molecule has 3 heterocycles. The van der Waals surface area contributed by atoms with E-state index in [1.54, 1.807) is 11.3 Å². The molecule has 0 atom stereocenters. The maximum Gasteiger partial charge on any atom is 0.276 e. The molecule has 0 unspecified atom stereocenters. The van der Waals surface area contributed by atoms with Crippen LogP contribution in [0.3, 0.4) is 0 Å². The summed E-state index contributed by atoms with van der Waals surface area (Å²) in [6.45, 7) is 2.31. The van der Waals surface area contributed by atoms with E-state index in [2.05, 4.69) is 15.4 Å². The second kappa shape index (κ2) is 8.24. The van der Waals surface area contributed by atoms with E-state index >= 15 is 0 Å². The summed E-state index contributed by atoms with van der Waals surface area (Å²) >= 11 is 1.58. The number of carbonyl (C=O) groups excluding carboxylic acids is 1.